The maximum Gasteiger partial charge on any atom is 0.359 e. The van der Waals surface area contributed by atoms with Crippen molar-refractivity contribution in [3.05, 3.63) is 11.4 Å². The standard InChI is InChI=1S/C13H20N4O3/c1-4-9-11(14)12(17(3)15-9)13(19)20-7-10(18)16(2)8-5-6-8/h8H,4-7,14H2,1-3H3. The predicted molar refractivity (Wildman–Crippen MR) is 73.1 cm³/mol. The Morgan fingerprint density at radius 3 is 2.65 bits per heavy atom. The Morgan fingerprint density at radius 1 is 1.50 bits per heavy atom. The lowest BCUT2D eigenvalue weighted by Gasteiger charge is -2.15. The summed E-state index contributed by atoms with van der Waals surface area (Å²) < 4.78 is 6.43. The number of nitrogen functional groups attached to an aromatic ring is 1. The zero-order chi connectivity index (χ0) is 14.9. The first-order chi connectivity index (χ1) is 9.45. The first-order valence-corrected chi connectivity index (χ1v) is 6.69. The Morgan fingerprint density at radius 2 is 2.15 bits per heavy atom. The molecule has 1 aromatic rings. The molecule has 0 aromatic carbocycles. The second-order valence-electron chi connectivity index (χ2n) is 5.00. The van der Waals surface area contributed by atoms with E-state index in [2.05, 4.69) is 5.10 Å². The van der Waals surface area contributed by atoms with Crippen LogP contribution in [0.5, 0.6) is 0 Å². The number of carbonyl (C=O) groups is 2. The fraction of sp³-hybridized carbons (Fsp3) is 0.615. The van der Waals surface area contributed by atoms with E-state index < -0.39 is 5.97 Å². The van der Waals surface area contributed by atoms with Gasteiger partial charge in [0.1, 0.15) is 0 Å². The smallest absolute Gasteiger partial charge is 0.359 e. The summed E-state index contributed by atoms with van der Waals surface area (Å²) in [6.07, 6.45) is 2.67. The maximum atomic E-state index is 12.0. The Kier molecular flexibility index (Phi) is 3.96. The molecule has 2 rings (SSSR count). The number of hydrogen-bond donors (Lipinski definition) is 1. The number of nitrogens with zero attached hydrogens (tertiary/aromatic N) is 3. The Balaban J connectivity index is 1.98. The molecule has 0 unspecified atom stereocenters. The minimum atomic E-state index is -0.616. The number of ether oxygens (including phenoxy) is 1. The molecule has 0 bridgehead atoms. The van der Waals surface area contributed by atoms with Crippen LogP contribution in [0.25, 0.3) is 0 Å². The lowest BCUT2D eigenvalue weighted by molar-refractivity contribution is -0.133. The monoisotopic (exact) mass is 280 g/mol. The van der Waals surface area contributed by atoms with E-state index in [4.69, 9.17) is 10.5 Å². The SMILES string of the molecule is CCc1nn(C)c(C(=O)OCC(=O)N(C)C2CC2)c1N. The van der Waals surface area contributed by atoms with Crippen LogP contribution < -0.4 is 5.73 Å². The normalized spacial score (nSPS) is 14.2. The number of aryl methyl sites for hydroxylation is 2. The van der Waals surface area contributed by atoms with Crippen LogP contribution in [0, 0.1) is 0 Å². The molecule has 1 aromatic heterocycles. The number of hydrogen-bond acceptors (Lipinski definition) is 5. The molecule has 1 aliphatic carbocycles. The van der Waals surface area contributed by atoms with Crippen LogP contribution in [0.2, 0.25) is 0 Å². The largest absolute Gasteiger partial charge is 0.451 e. The van der Waals surface area contributed by atoms with E-state index in [-0.39, 0.29) is 18.2 Å². The van der Waals surface area contributed by atoms with Gasteiger partial charge in [-0.3, -0.25) is 9.48 Å². The molecule has 1 fully saturated rings. The van der Waals surface area contributed by atoms with E-state index in [1.165, 1.54) is 4.68 Å². The number of nitrogens with two attached hydrogens (primary N) is 1. The highest BCUT2D eigenvalue weighted by molar-refractivity contribution is 5.95. The fourth-order valence-corrected chi connectivity index (χ4v) is 2.06. The molecule has 0 saturated heterocycles. The number of esters is 1. The quantitative estimate of drug-likeness (QED) is 0.786. The highest BCUT2D eigenvalue weighted by Crippen LogP contribution is 2.25. The van der Waals surface area contributed by atoms with Crippen molar-refractivity contribution in [1.82, 2.24) is 14.7 Å². The van der Waals surface area contributed by atoms with Gasteiger partial charge in [0, 0.05) is 20.1 Å². The predicted octanol–water partition coefficient (Wildman–Crippen LogP) is 0.342. The number of likely N-dealkylation sites (N-methyl/N-ethyl adjacent to an activating group) is 1. The van der Waals surface area contributed by atoms with Gasteiger partial charge in [0.2, 0.25) is 0 Å². The summed E-state index contributed by atoms with van der Waals surface area (Å²) >= 11 is 0. The van der Waals surface area contributed by atoms with Crippen LogP contribution in [0.4, 0.5) is 5.69 Å². The van der Waals surface area contributed by atoms with Gasteiger partial charge in [0.25, 0.3) is 5.91 Å². The van der Waals surface area contributed by atoms with Crippen molar-refractivity contribution in [1.29, 1.82) is 0 Å². The van der Waals surface area contributed by atoms with E-state index in [1.54, 1.807) is 19.0 Å². The molecule has 1 saturated carbocycles. The Bertz CT molecular complexity index is 534. The lowest BCUT2D eigenvalue weighted by Crippen LogP contribution is -2.33. The third-order valence-electron chi connectivity index (χ3n) is 3.50. The molecule has 7 nitrogen and oxygen atoms in total. The number of amides is 1. The molecule has 7 heteroatoms. The zero-order valence-electron chi connectivity index (χ0n) is 12.0. The summed E-state index contributed by atoms with van der Waals surface area (Å²) in [6.45, 7) is 1.64. The van der Waals surface area contributed by atoms with Gasteiger partial charge in [0.05, 0.1) is 11.4 Å². The third kappa shape index (κ3) is 2.76. The molecule has 1 heterocycles. The fourth-order valence-electron chi connectivity index (χ4n) is 2.06. The van der Waals surface area contributed by atoms with Crippen molar-refractivity contribution in [3.8, 4) is 0 Å². The number of rotatable bonds is 5. The van der Waals surface area contributed by atoms with Gasteiger partial charge in [-0.25, -0.2) is 4.79 Å². The van der Waals surface area contributed by atoms with Crippen molar-refractivity contribution < 1.29 is 14.3 Å². The molecule has 110 valence electrons. The average Bonchev–Trinajstić information content (AvgIpc) is 3.21. The van der Waals surface area contributed by atoms with Crippen LogP contribution in [-0.4, -0.2) is 46.3 Å². The minimum Gasteiger partial charge on any atom is -0.451 e. The highest BCUT2D eigenvalue weighted by Gasteiger charge is 2.30. The van der Waals surface area contributed by atoms with Crippen molar-refractivity contribution in [2.24, 2.45) is 7.05 Å². The van der Waals surface area contributed by atoms with Crippen LogP contribution in [0.3, 0.4) is 0 Å². The van der Waals surface area contributed by atoms with Crippen molar-refractivity contribution in [2.75, 3.05) is 19.4 Å². The molecule has 0 spiro atoms. The van der Waals surface area contributed by atoms with Gasteiger partial charge in [-0.2, -0.15) is 5.10 Å². The van der Waals surface area contributed by atoms with Crippen molar-refractivity contribution >= 4 is 17.6 Å². The van der Waals surface area contributed by atoms with Gasteiger partial charge in [-0.05, 0) is 19.3 Å². The molecular formula is C13H20N4O3. The summed E-state index contributed by atoms with van der Waals surface area (Å²) in [5.74, 6) is -0.813. The van der Waals surface area contributed by atoms with Crippen molar-refractivity contribution in [2.45, 2.75) is 32.2 Å². The second-order valence-corrected chi connectivity index (χ2v) is 5.00. The van der Waals surface area contributed by atoms with Gasteiger partial charge in [-0.1, -0.05) is 6.92 Å². The van der Waals surface area contributed by atoms with E-state index in [0.29, 0.717) is 23.8 Å². The number of aromatic nitrogens is 2. The summed E-state index contributed by atoms with van der Waals surface area (Å²) in [5, 5.41) is 4.15. The second kappa shape index (κ2) is 5.52. The molecule has 1 aliphatic rings. The third-order valence-corrected chi connectivity index (χ3v) is 3.50. The molecule has 20 heavy (non-hydrogen) atoms. The summed E-state index contributed by atoms with van der Waals surface area (Å²) in [4.78, 5) is 25.4. The zero-order valence-corrected chi connectivity index (χ0v) is 12.0. The number of anilines is 1. The van der Waals surface area contributed by atoms with Gasteiger partial charge < -0.3 is 15.4 Å². The van der Waals surface area contributed by atoms with Crippen LogP contribution in [0.15, 0.2) is 0 Å². The van der Waals surface area contributed by atoms with E-state index in [0.717, 1.165) is 12.8 Å². The van der Waals surface area contributed by atoms with Gasteiger partial charge in [0.15, 0.2) is 12.3 Å². The van der Waals surface area contributed by atoms with E-state index >= 15 is 0 Å². The van der Waals surface area contributed by atoms with Crippen LogP contribution in [0.1, 0.15) is 35.9 Å². The molecule has 0 aliphatic heterocycles. The average molecular weight is 280 g/mol. The molecule has 2 N–H and O–H groups in total. The summed E-state index contributed by atoms with van der Waals surface area (Å²) in [7, 11) is 3.35. The van der Waals surface area contributed by atoms with Gasteiger partial charge in [-0.15, -0.1) is 0 Å². The Labute approximate surface area is 117 Å². The van der Waals surface area contributed by atoms with E-state index in [9.17, 15) is 9.59 Å². The van der Waals surface area contributed by atoms with Crippen LogP contribution in [-0.2, 0) is 23.0 Å². The lowest BCUT2D eigenvalue weighted by atomic mass is 10.2. The maximum absolute atomic E-state index is 12.0. The number of carbonyl (C=O) groups excluding carboxylic acids is 2. The summed E-state index contributed by atoms with van der Waals surface area (Å²) in [6, 6.07) is 0.301. The first kappa shape index (κ1) is 14.4. The molecule has 0 radical (unpaired) electrons. The topological polar surface area (TPSA) is 90.5 Å². The molecule has 0 atom stereocenters. The minimum absolute atomic E-state index is 0.197. The first-order valence-electron chi connectivity index (χ1n) is 6.69. The summed E-state index contributed by atoms with van der Waals surface area (Å²) in [5.41, 5.74) is 7.03. The van der Waals surface area contributed by atoms with E-state index in [1.807, 2.05) is 6.92 Å². The molecular weight excluding hydrogens is 260 g/mol. The highest BCUT2D eigenvalue weighted by atomic mass is 16.5. The van der Waals surface area contributed by atoms with Gasteiger partial charge >= 0.3 is 5.97 Å². The molecule has 1 amide bonds. The Hall–Kier alpha value is -2.05. The van der Waals surface area contributed by atoms with Crippen molar-refractivity contribution in [3.63, 3.8) is 0 Å². The van der Waals surface area contributed by atoms with Crippen LogP contribution >= 0.6 is 0 Å².